The molecule has 9 nitrogen and oxygen atoms in total. The van der Waals surface area contributed by atoms with Crippen LogP contribution in [0.5, 0.6) is 0 Å². The van der Waals surface area contributed by atoms with Crippen molar-refractivity contribution in [3.05, 3.63) is 24.0 Å². The number of primary amides is 1. The quantitative estimate of drug-likeness (QED) is 0.619. The first-order valence-electron chi connectivity index (χ1n) is 5.37. The molecule has 0 bridgehead atoms. The summed E-state index contributed by atoms with van der Waals surface area (Å²) in [6, 6.07) is 1.73. The van der Waals surface area contributed by atoms with Crippen molar-refractivity contribution in [2.45, 2.75) is 0 Å². The lowest BCUT2D eigenvalue weighted by Crippen LogP contribution is -2.15. The van der Waals surface area contributed by atoms with Crippen LogP contribution < -0.4 is 11.5 Å². The molecule has 19 heavy (non-hydrogen) atoms. The Bertz CT molecular complexity index is 786. The number of aryl methyl sites for hydroxylation is 1. The zero-order chi connectivity index (χ0) is 13.6. The third-order valence-corrected chi connectivity index (χ3v) is 2.71. The molecule has 3 aromatic heterocycles. The molecule has 0 radical (unpaired) electrons. The molecular formula is C10H10N8O. The number of fused-ring (bicyclic) bond motifs is 1. The van der Waals surface area contributed by atoms with Gasteiger partial charge in [-0.3, -0.25) is 4.79 Å². The van der Waals surface area contributed by atoms with E-state index in [-0.39, 0.29) is 11.3 Å². The van der Waals surface area contributed by atoms with Crippen LogP contribution >= 0.6 is 0 Å². The highest BCUT2D eigenvalue weighted by Crippen LogP contribution is 2.23. The van der Waals surface area contributed by atoms with Gasteiger partial charge in [0.15, 0.2) is 0 Å². The van der Waals surface area contributed by atoms with Crippen molar-refractivity contribution < 1.29 is 4.79 Å². The summed E-state index contributed by atoms with van der Waals surface area (Å²) in [6.07, 6.45) is 3.03. The molecule has 3 aromatic rings. The molecule has 0 atom stereocenters. The highest BCUT2D eigenvalue weighted by atomic mass is 16.1. The van der Waals surface area contributed by atoms with Crippen molar-refractivity contribution in [2.75, 3.05) is 5.73 Å². The average Bonchev–Trinajstić information content (AvgIpc) is 2.95. The molecule has 0 unspecified atom stereocenters. The van der Waals surface area contributed by atoms with Gasteiger partial charge in [0.1, 0.15) is 0 Å². The summed E-state index contributed by atoms with van der Waals surface area (Å²) in [7, 11) is 1.67. The van der Waals surface area contributed by atoms with E-state index in [0.717, 1.165) is 0 Å². The number of tetrazole rings is 1. The molecule has 3 heterocycles. The molecule has 0 aliphatic heterocycles. The Balaban J connectivity index is 2.21. The van der Waals surface area contributed by atoms with E-state index in [4.69, 9.17) is 11.5 Å². The fraction of sp³-hybridized carbons (Fsp3) is 0.100. The minimum absolute atomic E-state index is 0.184. The second kappa shape index (κ2) is 3.77. The van der Waals surface area contributed by atoms with Crippen LogP contribution in [0.25, 0.3) is 16.9 Å². The van der Waals surface area contributed by atoms with Crippen molar-refractivity contribution in [2.24, 2.45) is 12.8 Å². The monoisotopic (exact) mass is 258 g/mol. The van der Waals surface area contributed by atoms with Gasteiger partial charge >= 0.3 is 0 Å². The third-order valence-electron chi connectivity index (χ3n) is 2.71. The van der Waals surface area contributed by atoms with Crippen LogP contribution in [0, 0.1) is 0 Å². The van der Waals surface area contributed by atoms with Crippen LogP contribution in [0.2, 0.25) is 0 Å². The fourth-order valence-corrected chi connectivity index (χ4v) is 1.79. The van der Waals surface area contributed by atoms with Gasteiger partial charge in [-0.05, 0) is 11.3 Å². The standard InChI is InChI=1S/C10H10N8O/c1-17-15-10(14-16-17)5-2-7-8(11)6(9(12)19)3-13-18(7)4-5/h2-4H,11H2,1H3,(H2,12,19). The van der Waals surface area contributed by atoms with Crippen molar-refractivity contribution in [1.82, 2.24) is 29.8 Å². The minimum Gasteiger partial charge on any atom is -0.396 e. The van der Waals surface area contributed by atoms with Crippen LogP contribution in [0.3, 0.4) is 0 Å². The molecule has 0 aromatic carbocycles. The van der Waals surface area contributed by atoms with Gasteiger partial charge < -0.3 is 11.5 Å². The summed E-state index contributed by atoms with van der Waals surface area (Å²) in [5, 5.41) is 15.8. The zero-order valence-corrected chi connectivity index (χ0v) is 9.98. The topological polar surface area (TPSA) is 130 Å². The largest absolute Gasteiger partial charge is 0.396 e. The average molecular weight is 258 g/mol. The van der Waals surface area contributed by atoms with Crippen LogP contribution in [-0.2, 0) is 7.05 Å². The predicted octanol–water partition coefficient (Wildman–Crippen LogP) is -0.794. The van der Waals surface area contributed by atoms with E-state index < -0.39 is 5.91 Å². The second-order valence-electron chi connectivity index (χ2n) is 4.00. The van der Waals surface area contributed by atoms with Gasteiger partial charge in [-0.2, -0.15) is 9.90 Å². The highest BCUT2D eigenvalue weighted by Gasteiger charge is 2.14. The molecule has 3 rings (SSSR count). The Morgan fingerprint density at radius 2 is 2.21 bits per heavy atom. The van der Waals surface area contributed by atoms with Crippen LogP contribution in [0.15, 0.2) is 18.5 Å². The molecule has 9 heteroatoms. The number of anilines is 1. The van der Waals surface area contributed by atoms with Gasteiger partial charge in [-0.15, -0.1) is 10.2 Å². The van der Waals surface area contributed by atoms with E-state index in [1.165, 1.54) is 15.5 Å². The SMILES string of the molecule is Cn1nnc(-c2cc3c(N)c(C(N)=O)cnn3c2)n1. The van der Waals surface area contributed by atoms with E-state index in [2.05, 4.69) is 20.5 Å². The first-order valence-corrected chi connectivity index (χ1v) is 5.37. The number of carbonyl (C=O) groups is 1. The highest BCUT2D eigenvalue weighted by molar-refractivity contribution is 6.01. The van der Waals surface area contributed by atoms with E-state index >= 15 is 0 Å². The van der Waals surface area contributed by atoms with Crippen molar-refractivity contribution in [1.29, 1.82) is 0 Å². The normalized spacial score (nSPS) is 11.0. The number of hydrogen-bond donors (Lipinski definition) is 2. The third kappa shape index (κ3) is 1.68. The molecule has 0 aliphatic rings. The first-order chi connectivity index (χ1) is 9.06. The lowest BCUT2D eigenvalue weighted by Gasteiger charge is -2.02. The minimum atomic E-state index is -0.618. The zero-order valence-electron chi connectivity index (χ0n) is 9.98. The predicted molar refractivity (Wildman–Crippen MR) is 65.9 cm³/mol. The van der Waals surface area contributed by atoms with Gasteiger partial charge in [0.2, 0.25) is 5.82 Å². The van der Waals surface area contributed by atoms with Gasteiger partial charge in [-0.1, -0.05) is 0 Å². The molecule has 4 N–H and O–H groups in total. The van der Waals surface area contributed by atoms with Gasteiger partial charge in [0.25, 0.3) is 5.91 Å². The Kier molecular flexibility index (Phi) is 2.21. The summed E-state index contributed by atoms with van der Waals surface area (Å²) >= 11 is 0. The van der Waals surface area contributed by atoms with Gasteiger partial charge in [0, 0.05) is 11.8 Å². The Labute approximate surface area is 106 Å². The van der Waals surface area contributed by atoms with E-state index in [1.54, 1.807) is 19.3 Å². The molecule has 0 aliphatic carbocycles. The van der Waals surface area contributed by atoms with Gasteiger partial charge in [-0.25, -0.2) is 4.52 Å². The molecular weight excluding hydrogens is 248 g/mol. The number of aromatic nitrogens is 6. The number of nitrogen functional groups attached to an aromatic ring is 1. The van der Waals surface area contributed by atoms with Crippen LogP contribution in [-0.4, -0.2) is 35.7 Å². The summed E-state index contributed by atoms with van der Waals surface area (Å²) in [4.78, 5) is 12.6. The second-order valence-corrected chi connectivity index (χ2v) is 4.00. The maximum Gasteiger partial charge on any atom is 0.252 e. The summed E-state index contributed by atoms with van der Waals surface area (Å²) in [5.41, 5.74) is 12.8. The molecule has 0 saturated carbocycles. The Morgan fingerprint density at radius 1 is 1.42 bits per heavy atom. The van der Waals surface area contributed by atoms with Crippen molar-refractivity contribution in [3.63, 3.8) is 0 Å². The lowest BCUT2D eigenvalue weighted by atomic mass is 10.2. The number of hydrogen-bond acceptors (Lipinski definition) is 6. The number of carbonyl (C=O) groups excluding carboxylic acids is 1. The van der Waals surface area contributed by atoms with Crippen LogP contribution in [0.4, 0.5) is 5.69 Å². The molecule has 96 valence electrons. The molecule has 1 amide bonds. The van der Waals surface area contributed by atoms with Crippen molar-refractivity contribution in [3.8, 4) is 11.4 Å². The molecule has 0 fully saturated rings. The Morgan fingerprint density at radius 3 is 2.84 bits per heavy atom. The van der Waals surface area contributed by atoms with Gasteiger partial charge in [0.05, 0.1) is 30.0 Å². The lowest BCUT2D eigenvalue weighted by molar-refractivity contribution is 0.100. The smallest absolute Gasteiger partial charge is 0.252 e. The van der Waals surface area contributed by atoms with E-state index in [9.17, 15) is 4.79 Å². The maximum atomic E-state index is 11.2. The van der Waals surface area contributed by atoms with Crippen molar-refractivity contribution >= 4 is 17.1 Å². The fourth-order valence-electron chi connectivity index (χ4n) is 1.79. The number of nitrogens with zero attached hydrogens (tertiary/aromatic N) is 6. The summed E-state index contributed by atoms with van der Waals surface area (Å²) in [5.74, 6) is -0.166. The number of rotatable bonds is 2. The van der Waals surface area contributed by atoms with E-state index in [1.807, 2.05) is 0 Å². The molecule has 0 spiro atoms. The maximum absolute atomic E-state index is 11.2. The Hall–Kier alpha value is -2.97. The number of nitrogens with two attached hydrogens (primary N) is 2. The summed E-state index contributed by atoms with van der Waals surface area (Å²) < 4.78 is 1.54. The number of amides is 1. The van der Waals surface area contributed by atoms with E-state index in [0.29, 0.717) is 16.9 Å². The molecule has 0 saturated heterocycles. The van der Waals surface area contributed by atoms with Crippen LogP contribution in [0.1, 0.15) is 10.4 Å². The summed E-state index contributed by atoms with van der Waals surface area (Å²) in [6.45, 7) is 0. The first kappa shape index (κ1) is 11.1.